The largest absolute Gasteiger partial charge is 0.443 e. The predicted molar refractivity (Wildman–Crippen MR) is 78.6 cm³/mol. The number of nitrogens with zero attached hydrogens (tertiary/aromatic N) is 1. The standard InChI is InChI=1S/C13H24INO2/c1-10(2)11-6-5-7-15(8-11)12(16)17-13(3,4)9-14/h10-11H,5-9H2,1-4H3. The number of ether oxygens (including phenoxy) is 1. The molecule has 0 saturated carbocycles. The summed E-state index contributed by atoms with van der Waals surface area (Å²) in [5.74, 6) is 1.27. The lowest BCUT2D eigenvalue weighted by molar-refractivity contribution is 0.0179. The van der Waals surface area contributed by atoms with Crippen LogP contribution < -0.4 is 0 Å². The second kappa shape index (κ2) is 6.25. The van der Waals surface area contributed by atoms with E-state index in [1.165, 1.54) is 6.42 Å². The van der Waals surface area contributed by atoms with Crippen LogP contribution in [0, 0.1) is 11.8 Å². The van der Waals surface area contributed by atoms with Crippen LogP contribution in [0.25, 0.3) is 0 Å². The molecule has 1 amide bonds. The fourth-order valence-electron chi connectivity index (χ4n) is 2.05. The summed E-state index contributed by atoms with van der Waals surface area (Å²) in [5, 5.41) is 0. The molecular formula is C13H24INO2. The van der Waals surface area contributed by atoms with E-state index in [-0.39, 0.29) is 11.7 Å². The van der Waals surface area contributed by atoms with Gasteiger partial charge in [0.05, 0.1) is 0 Å². The molecule has 1 atom stereocenters. The molecule has 1 heterocycles. The van der Waals surface area contributed by atoms with Gasteiger partial charge in [-0.3, -0.25) is 0 Å². The Morgan fingerprint density at radius 2 is 2.18 bits per heavy atom. The first kappa shape index (κ1) is 15.1. The fourth-order valence-corrected chi connectivity index (χ4v) is 2.20. The van der Waals surface area contributed by atoms with Crippen molar-refractivity contribution in [3.63, 3.8) is 0 Å². The SMILES string of the molecule is CC(C)C1CCCN(C(=O)OC(C)(C)CI)C1. The molecule has 0 aromatic carbocycles. The highest BCUT2D eigenvalue weighted by Crippen LogP contribution is 2.25. The van der Waals surface area contributed by atoms with Crippen LogP contribution in [0.3, 0.4) is 0 Å². The number of amides is 1. The molecule has 0 aromatic rings. The van der Waals surface area contributed by atoms with Crippen LogP contribution >= 0.6 is 22.6 Å². The van der Waals surface area contributed by atoms with Crippen LogP contribution in [0.15, 0.2) is 0 Å². The molecular weight excluding hydrogens is 329 g/mol. The van der Waals surface area contributed by atoms with E-state index in [9.17, 15) is 4.79 Å². The lowest BCUT2D eigenvalue weighted by Gasteiger charge is -2.36. The van der Waals surface area contributed by atoms with Gasteiger partial charge in [0.25, 0.3) is 0 Å². The molecule has 1 saturated heterocycles. The van der Waals surface area contributed by atoms with Gasteiger partial charge < -0.3 is 9.64 Å². The summed E-state index contributed by atoms with van der Waals surface area (Å²) in [5.41, 5.74) is -0.359. The van der Waals surface area contributed by atoms with Crippen molar-refractivity contribution in [1.82, 2.24) is 4.90 Å². The number of carbonyl (C=O) groups is 1. The number of carbonyl (C=O) groups excluding carboxylic acids is 1. The molecule has 0 spiro atoms. The van der Waals surface area contributed by atoms with E-state index in [1.807, 2.05) is 18.7 Å². The van der Waals surface area contributed by atoms with Gasteiger partial charge in [-0.05, 0) is 38.5 Å². The highest BCUT2D eigenvalue weighted by atomic mass is 127. The highest BCUT2D eigenvalue weighted by molar-refractivity contribution is 14.1. The van der Waals surface area contributed by atoms with E-state index in [0.717, 1.165) is 23.9 Å². The zero-order valence-electron chi connectivity index (χ0n) is 11.3. The Labute approximate surface area is 118 Å². The molecule has 0 bridgehead atoms. The predicted octanol–water partition coefficient (Wildman–Crippen LogP) is 3.70. The van der Waals surface area contributed by atoms with Gasteiger partial charge in [0.2, 0.25) is 0 Å². The van der Waals surface area contributed by atoms with Gasteiger partial charge in [-0.15, -0.1) is 0 Å². The van der Waals surface area contributed by atoms with E-state index in [0.29, 0.717) is 11.8 Å². The molecule has 1 unspecified atom stereocenters. The van der Waals surface area contributed by atoms with Crippen LogP contribution in [0.5, 0.6) is 0 Å². The molecule has 0 aromatic heterocycles. The average molecular weight is 353 g/mol. The van der Waals surface area contributed by atoms with Gasteiger partial charge in [-0.1, -0.05) is 36.4 Å². The molecule has 3 nitrogen and oxygen atoms in total. The Morgan fingerprint density at radius 1 is 1.53 bits per heavy atom. The van der Waals surface area contributed by atoms with Gasteiger partial charge in [-0.2, -0.15) is 0 Å². The summed E-state index contributed by atoms with van der Waals surface area (Å²) in [6.45, 7) is 10.1. The van der Waals surface area contributed by atoms with Crippen molar-refractivity contribution in [2.24, 2.45) is 11.8 Å². The number of piperidine rings is 1. The number of hydrogen-bond acceptors (Lipinski definition) is 2. The number of hydrogen-bond donors (Lipinski definition) is 0. The van der Waals surface area contributed by atoms with Gasteiger partial charge >= 0.3 is 6.09 Å². The Bertz CT molecular complexity index is 266. The smallest absolute Gasteiger partial charge is 0.410 e. The molecule has 0 aliphatic carbocycles. The zero-order chi connectivity index (χ0) is 13.1. The van der Waals surface area contributed by atoms with Gasteiger partial charge in [0.1, 0.15) is 5.60 Å². The molecule has 4 heteroatoms. The zero-order valence-corrected chi connectivity index (χ0v) is 13.5. The molecule has 1 rings (SSSR count). The van der Waals surface area contributed by atoms with Gasteiger partial charge in [0, 0.05) is 17.5 Å². The van der Waals surface area contributed by atoms with Crippen LogP contribution in [0.2, 0.25) is 0 Å². The summed E-state index contributed by atoms with van der Waals surface area (Å²) in [4.78, 5) is 13.9. The first-order chi connectivity index (χ1) is 7.85. The minimum absolute atomic E-state index is 0.142. The number of alkyl halides is 1. The number of rotatable bonds is 3. The van der Waals surface area contributed by atoms with Crippen LogP contribution in [0.4, 0.5) is 4.79 Å². The molecule has 0 N–H and O–H groups in total. The topological polar surface area (TPSA) is 29.5 Å². The van der Waals surface area contributed by atoms with Crippen LogP contribution in [-0.2, 0) is 4.74 Å². The maximum atomic E-state index is 12.0. The Balaban J connectivity index is 2.52. The first-order valence-corrected chi connectivity index (χ1v) is 7.92. The Kier molecular flexibility index (Phi) is 5.54. The normalized spacial score (nSPS) is 21.8. The molecule has 17 heavy (non-hydrogen) atoms. The maximum Gasteiger partial charge on any atom is 0.410 e. The third kappa shape index (κ3) is 4.64. The summed E-state index contributed by atoms with van der Waals surface area (Å²) < 4.78 is 6.35. The van der Waals surface area contributed by atoms with Gasteiger partial charge in [-0.25, -0.2) is 4.79 Å². The summed E-state index contributed by atoms with van der Waals surface area (Å²) in [6.07, 6.45) is 2.19. The molecule has 1 fully saturated rings. The second-order valence-electron chi connectivity index (χ2n) is 5.85. The van der Waals surface area contributed by atoms with Crippen molar-refractivity contribution in [2.45, 2.75) is 46.1 Å². The second-order valence-corrected chi connectivity index (χ2v) is 6.62. The van der Waals surface area contributed by atoms with E-state index in [4.69, 9.17) is 4.74 Å². The monoisotopic (exact) mass is 353 g/mol. The van der Waals surface area contributed by atoms with Crippen molar-refractivity contribution < 1.29 is 9.53 Å². The Hall–Kier alpha value is 0. The Morgan fingerprint density at radius 3 is 2.71 bits per heavy atom. The van der Waals surface area contributed by atoms with Crippen molar-refractivity contribution >= 4 is 28.7 Å². The third-order valence-electron chi connectivity index (χ3n) is 3.34. The summed E-state index contributed by atoms with van der Waals surface area (Å²) >= 11 is 2.25. The van der Waals surface area contributed by atoms with E-state index in [2.05, 4.69) is 36.4 Å². The van der Waals surface area contributed by atoms with Crippen LogP contribution in [-0.4, -0.2) is 34.1 Å². The number of likely N-dealkylation sites (tertiary alicyclic amines) is 1. The average Bonchev–Trinajstić information content (AvgIpc) is 2.28. The molecule has 1 aliphatic rings. The maximum absolute atomic E-state index is 12.0. The van der Waals surface area contributed by atoms with E-state index >= 15 is 0 Å². The minimum atomic E-state index is -0.359. The first-order valence-electron chi connectivity index (χ1n) is 6.39. The van der Waals surface area contributed by atoms with Crippen molar-refractivity contribution in [1.29, 1.82) is 0 Å². The summed E-state index contributed by atoms with van der Waals surface area (Å²) in [6, 6.07) is 0. The third-order valence-corrected chi connectivity index (χ3v) is 5.18. The van der Waals surface area contributed by atoms with Crippen molar-refractivity contribution in [3.05, 3.63) is 0 Å². The molecule has 100 valence electrons. The van der Waals surface area contributed by atoms with E-state index in [1.54, 1.807) is 0 Å². The van der Waals surface area contributed by atoms with Crippen LogP contribution in [0.1, 0.15) is 40.5 Å². The van der Waals surface area contributed by atoms with Gasteiger partial charge in [0.15, 0.2) is 0 Å². The number of halogens is 1. The van der Waals surface area contributed by atoms with E-state index < -0.39 is 0 Å². The molecule has 1 aliphatic heterocycles. The molecule has 0 radical (unpaired) electrons. The van der Waals surface area contributed by atoms with Crippen molar-refractivity contribution in [2.75, 3.05) is 17.5 Å². The lowest BCUT2D eigenvalue weighted by atomic mass is 9.88. The lowest BCUT2D eigenvalue weighted by Crippen LogP contribution is -2.44. The fraction of sp³-hybridized carbons (Fsp3) is 0.923. The highest BCUT2D eigenvalue weighted by Gasteiger charge is 2.29. The quantitative estimate of drug-likeness (QED) is 0.572. The summed E-state index contributed by atoms with van der Waals surface area (Å²) in [7, 11) is 0. The van der Waals surface area contributed by atoms with Crippen molar-refractivity contribution in [3.8, 4) is 0 Å². The minimum Gasteiger partial charge on any atom is -0.443 e.